The van der Waals surface area contributed by atoms with Crippen LogP contribution in [0.4, 0.5) is 15.3 Å². The van der Waals surface area contributed by atoms with Crippen LogP contribution in [-0.4, -0.2) is 108 Å². The summed E-state index contributed by atoms with van der Waals surface area (Å²) in [7, 11) is 0. The van der Waals surface area contributed by atoms with E-state index in [0.717, 1.165) is 42.4 Å². The largest absolute Gasteiger partial charge is 0.459 e. The van der Waals surface area contributed by atoms with E-state index < -0.39 is 40.8 Å². The smallest absolute Gasteiger partial charge is 0.412 e. The molecule has 0 aromatic heterocycles. The van der Waals surface area contributed by atoms with E-state index in [1.807, 2.05) is 36.4 Å². The van der Waals surface area contributed by atoms with Gasteiger partial charge < -0.3 is 49.2 Å². The number of allylic oxidation sites excluding steroid dienone is 1. The Morgan fingerprint density at radius 1 is 0.855 bits per heavy atom. The Bertz CT molecular complexity index is 2310. The number of nitrogens with one attached hydrogen (secondary N) is 1. The van der Waals surface area contributed by atoms with Gasteiger partial charge >= 0.3 is 12.2 Å². The minimum atomic E-state index is -1.61. The molecular weight excluding hydrogens is 973 g/mol. The minimum absolute atomic E-state index is 0.0126. The van der Waals surface area contributed by atoms with Crippen LogP contribution < -0.4 is 14.8 Å². The van der Waals surface area contributed by atoms with Crippen molar-refractivity contribution in [3.05, 3.63) is 124 Å². The van der Waals surface area contributed by atoms with Crippen LogP contribution in [0.1, 0.15) is 139 Å². The van der Waals surface area contributed by atoms with Crippen LogP contribution in [0.3, 0.4) is 0 Å². The second kappa shape index (κ2) is 32.0. The van der Waals surface area contributed by atoms with Crippen molar-refractivity contribution in [1.82, 2.24) is 10.2 Å². The van der Waals surface area contributed by atoms with E-state index in [1.54, 1.807) is 35.2 Å². The van der Waals surface area contributed by atoms with Crippen LogP contribution in [0.5, 0.6) is 11.5 Å². The molecule has 3 aromatic rings. The first-order valence-corrected chi connectivity index (χ1v) is 27.7. The lowest BCUT2D eigenvalue weighted by Gasteiger charge is -2.59. The number of unbranched alkanes of at least 4 members (excludes halogenated alkanes) is 11. The van der Waals surface area contributed by atoms with Crippen molar-refractivity contribution in [1.29, 1.82) is 0 Å². The van der Waals surface area contributed by atoms with E-state index >= 15 is 0 Å². The van der Waals surface area contributed by atoms with Crippen LogP contribution in [0.2, 0.25) is 0 Å². The Kier molecular flexibility index (Phi) is 25.0. The summed E-state index contributed by atoms with van der Waals surface area (Å²) in [6, 6.07) is 20.0. The lowest BCUT2D eigenvalue weighted by atomic mass is 9.55. The molecule has 0 radical (unpaired) electrons. The van der Waals surface area contributed by atoms with Gasteiger partial charge in [-0.05, 0) is 91.0 Å². The number of non-ortho nitro benzene ring substituents is 1. The number of nitro benzene ring substituents is 1. The first-order valence-electron chi connectivity index (χ1n) is 27.7. The Hall–Kier alpha value is -5.85. The van der Waals surface area contributed by atoms with Gasteiger partial charge in [0.05, 0.1) is 49.6 Å². The molecule has 2 aliphatic carbocycles. The monoisotopic (exact) mass is 1050 g/mol. The highest BCUT2D eigenvalue weighted by molar-refractivity contribution is 6.03. The fourth-order valence-electron chi connectivity index (χ4n) is 11.1. The van der Waals surface area contributed by atoms with Crippen molar-refractivity contribution >= 4 is 23.6 Å². The molecule has 1 saturated carbocycles. The second-order valence-corrected chi connectivity index (χ2v) is 20.0. The highest BCUT2D eigenvalue weighted by Gasteiger charge is 2.65. The lowest BCUT2D eigenvalue weighted by molar-refractivity contribution is -0.384. The van der Waals surface area contributed by atoms with E-state index in [-0.39, 0.29) is 89.9 Å². The molecule has 1 aliphatic heterocycles. The molecule has 3 aromatic carbocycles. The van der Waals surface area contributed by atoms with Crippen molar-refractivity contribution in [3.8, 4) is 11.5 Å². The molecule has 6 atom stereocenters. The average Bonchev–Trinajstić information content (AvgIpc) is 3.44. The van der Waals surface area contributed by atoms with Crippen LogP contribution in [0.25, 0.3) is 0 Å². The summed E-state index contributed by atoms with van der Waals surface area (Å²) in [4.78, 5) is 47.1. The number of benzene rings is 3. The molecule has 17 nitrogen and oxygen atoms in total. The third-order valence-electron chi connectivity index (χ3n) is 14.7. The van der Waals surface area contributed by atoms with Gasteiger partial charge in [0.15, 0.2) is 0 Å². The molecule has 17 heteroatoms. The molecule has 3 aliphatic rings. The lowest BCUT2D eigenvalue weighted by Crippen LogP contribution is -2.70. The molecule has 2 amide bonds. The van der Waals surface area contributed by atoms with Crippen molar-refractivity contribution < 1.29 is 58.4 Å². The van der Waals surface area contributed by atoms with Crippen molar-refractivity contribution in [2.24, 2.45) is 22.9 Å². The van der Waals surface area contributed by atoms with Gasteiger partial charge in [0.2, 0.25) is 5.79 Å². The molecule has 76 heavy (non-hydrogen) atoms. The van der Waals surface area contributed by atoms with Crippen molar-refractivity contribution in [3.63, 3.8) is 0 Å². The van der Waals surface area contributed by atoms with Crippen molar-refractivity contribution in [2.75, 3.05) is 52.8 Å². The summed E-state index contributed by atoms with van der Waals surface area (Å²) in [5, 5.41) is 49.0. The Morgan fingerprint density at radius 2 is 1.57 bits per heavy atom. The highest BCUT2D eigenvalue weighted by Crippen LogP contribution is 2.62. The Labute approximate surface area is 448 Å². The average molecular weight is 1060 g/mol. The number of amides is 2. The molecule has 1 fully saturated rings. The number of aliphatic hydroxyl groups is 3. The number of aliphatic hydroxyl groups excluding tert-OH is 3. The molecule has 0 bridgehead atoms. The highest BCUT2D eigenvalue weighted by atomic mass is 16.7. The van der Waals surface area contributed by atoms with Gasteiger partial charge in [0.25, 0.3) is 5.69 Å². The molecule has 0 unspecified atom stereocenters. The van der Waals surface area contributed by atoms with E-state index in [1.165, 1.54) is 50.7 Å². The summed E-state index contributed by atoms with van der Waals surface area (Å²) in [5.74, 6) is -2.12. The molecule has 1 heterocycles. The van der Waals surface area contributed by atoms with Crippen LogP contribution in [0, 0.1) is 27.9 Å². The number of nitro groups is 1. The number of hydrogen-bond acceptors (Lipinski definition) is 14. The number of ether oxygens (including phenoxy) is 5. The fourth-order valence-corrected chi connectivity index (χ4v) is 11.1. The minimum Gasteiger partial charge on any atom is -0.459 e. The number of carbonyl (C=O) groups is 2. The van der Waals surface area contributed by atoms with Crippen LogP contribution >= 0.6 is 0 Å². The van der Waals surface area contributed by atoms with Crippen LogP contribution in [-0.2, 0) is 32.2 Å². The van der Waals surface area contributed by atoms with E-state index in [0.29, 0.717) is 61.3 Å². The summed E-state index contributed by atoms with van der Waals surface area (Å²) >= 11 is 0. The fraction of sp³-hybridized carbons (Fsp3) is 0.576. The third kappa shape index (κ3) is 16.8. The molecule has 0 spiro atoms. The number of rotatable bonds is 35. The second-order valence-electron chi connectivity index (χ2n) is 20.0. The molecule has 0 saturated heterocycles. The number of carbonyl (C=O) groups excluding carboxylic acids is 2. The number of hydrogen-bond donors (Lipinski definition) is 4. The SMILES string of the molecule is C=CCO[C@@]12Oc3ccc(OC(=O)NCc4ccccc4)cc3[C@H]3[C@H](CCCCO)[C@@H](CCCCO)C=C(C(=NOCc4ccc([N+](=O)[O-])cc4)C[C@@H]1N(CCOCCO)C(=O)OCCCCCCCCCCCC)[C@H]32. The van der Waals surface area contributed by atoms with Gasteiger partial charge in [0, 0.05) is 56.3 Å². The van der Waals surface area contributed by atoms with Gasteiger partial charge in [-0.2, -0.15) is 0 Å². The normalized spacial score (nSPS) is 20.9. The Morgan fingerprint density at radius 3 is 2.25 bits per heavy atom. The molecular formula is C59H82N4O13. The third-order valence-corrected chi connectivity index (χ3v) is 14.7. The number of fused-ring (bicyclic) bond motifs is 2. The summed E-state index contributed by atoms with van der Waals surface area (Å²) in [6.07, 6.45) is 17.9. The van der Waals surface area contributed by atoms with Gasteiger partial charge in [-0.1, -0.05) is 125 Å². The maximum absolute atomic E-state index is 14.9. The summed E-state index contributed by atoms with van der Waals surface area (Å²) in [5.41, 5.74) is 3.59. The topological polar surface area (TPSA) is 221 Å². The maximum Gasteiger partial charge on any atom is 0.412 e. The van der Waals surface area contributed by atoms with E-state index in [2.05, 4.69) is 24.9 Å². The first kappa shape index (κ1) is 59.4. The van der Waals surface area contributed by atoms with Crippen LogP contribution in [0.15, 0.2) is 102 Å². The standard InChI is InChI=1S/C59H82N4O13/c1-3-5-6-7-8-9-10-11-12-20-36-72-58(68)62(31-37-71-38-34-66)54-41-52(61-74-43-45-25-27-47(28-26-45)63(69)70)50-39-46(23-16-18-32-64)49(24-17-19-33-65)55-51-40-48(75-57(67)60-42-44-21-14-13-15-22-44)29-30-53(51)76-59(54,56(50)55)73-35-4-2/h4,13-15,21-22,25-30,39-40,46,49,54-56,64-66H,2-3,5-12,16-20,23-24,31-38,41-43H2,1H3,(H,60,67)/t46-,49+,54-,55+,56+,59+/m0/s1. The zero-order valence-corrected chi connectivity index (χ0v) is 44.5. The zero-order valence-electron chi connectivity index (χ0n) is 44.5. The van der Waals surface area contributed by atoms with E-state index in [4.69, 9.17) is 33.7 Å². The van der Waals surface area contributed by atoms with E-state index in [9.17, 15) is 35.0 Å². The van der Waals surface area contributed by atoms with Crippen molar-refractivity contribution in [2.45, 2.75) is 147 Å². The first-order chi connectivity index (χ1) is 37.2. The number of nitrogens with zero attached hydrogens (tertiary/aromatic N) is 3. The molecule has 416 valence electrons. The summed E-state index contributed by atoms with van der Waals surface area (Å²) in [6.45, 7) is 6.72. The summed E-state index contributed by atoms with van der Waals surface area (Å²) < 4.78 is 32.4. The quantitative estimate of drug-likeness (QED) is 0.0187. The molecule has 6 rings (SSSR count). The van der Waals surface area contributed by atoms with Gasteiger partial charge in [-0.25, -0.2) is 9.59 Å². The number of oxime groups is 1. The van der Waals surface area contributed by atoms with Gasteiger partial charge in [0.1, 0.15) is 24.1 Å². The maximum atomic E-state index is 14.9. The predicted molar refractivity (Wildman–Crippen MR) is 290 cm³/mol. The predicted octanol–water partition coefficient (Wildman–Crippen LogP) is 11.1. The Balaban J connectivity index is 1.44. The van der Waals surface area contributed by atoms with Gasteiger partial charge in [-0.15, -0.1) is 6.58 Å². The zero-order chi connectivity index (χ0) is 54.0. The van der Waals surface area contributed by atoms with Gasteiger partial charge in [-0.3, -0.25) is 15.0 Å². The molecule has 4 N–H and O–H groups in total.